The minimum atomic E-state index is -2.99. The molecule has 4 aromatic rings. The van der Waals surface area contributed by atoms with Crippen LogP contribution in [0.3, 0.4) is 0 Å². The second kappa shape index (κ2) is 11.9. The number of alkyl halides is 2. The second-order valence-electron chi connectivity index (χ2n) is 10.6. The second-order valence-corrected chi connectivity index (χ2v) is 11.0. The van der Waals surface area contributed by atoms with Gasteiger partial charge in [0.1, 0.15) is 5.69 Å². The Morgan fingerprint density at radius 2 is 1.93 bits per heavy atom. The van der Waals surface area contributed by atoms with Crippen LogP contribution in [-0.2, 0) is 0 Å². The summed E-state index contributed by atoms with van der Waals surface area (Å²) >= 11 is 5.81. The lowest BCUT2D eigenvalue weighted by molar-refractivity contribution is -0.00427. The van der Waals surface area contributed by atoms with Gasteiger partial charge in [-0.2, -0.15) is 5.10 Å². The van der Waals surface area contributed by atoms with Gasteiger partial charge in [0.05, 0.1) is 47.1 Å². The van der Waals surface area contributed by atoms with Crippen molar-refractivity contribution in [3.05, 3.63) is 77.0 Å². The molecule has 0 bridgehead atoms. The van der Waals surface area contributed by atoms with Gasteiger partial charge in [-0.1, -0.05) is 17.7 Å². The molecule has 0 radical (unpaired) electrons. The van der Waals surface area contributed by atoms with E-state index in [4.69, 9.17) is 11.6 Å². The number of hydrogen-bond donors (Lipinski definition) is 2. The van der Waals surface area contributed by atoms with E-state index in [1.54, 1.807) is 23.3 Å². The van der Waals surface area contributed by atoms with Gasteiger partial charge in [0.15, 0.2) is 5.82 Å². The number of nitrogens with zero attached hydrogens (tertiary/aromatic N) is 8. The Bertz CT molecular complexity index is 1630. The highest BCUT2D eigenvalue weighted by Gasteiger charge is 2.35. The summed E-state index contributed by atoms with van der Waals surface area (Å²) in [6.07, 6.45) is 6.63. The molecule has 1 unspecified atom stereocenters. The van der Waals surface area contributed by atoms with E-state index in [-0.39, 0.29) is 28.6 Å². The fraction of sp³-hybridized carbons (Fsp3) is 0.357. The molecule has 2 aliphatic heterocycles. The number of likely N-dealkylation sites (tertiary alicyclic amines) is 1. The largest absolute Gasteiger partial charge is 0.390 e. The van der Waals surface area contributed by atoms with E-state index in [0.717, 1.165) is 49.6 Å². The number of halogens is 4. The summed E-state index contributed by atoms with van der Waals surface area (Å²) in [6.45, 7) is 5.09. The lowest BCUT2D eigenvalue weighted by Crippen LogP contribution is -2.60. The Kier molecular flexibility index (Phi) is 7.99. The van der Waals surface area contributed by atoms with Crippen molar-refractivity contribution >= 4 is 29.1 Å². The number of benzene rings is 1. The molecule has 0 saturated carbocycles. The summed E-state index contributed by atoms with van der Waals surface area (Å²) < 4.78 is 43.5. The van der Waals surface area contributed by atoms with E-state index in [1.807, 2.05) is 6.92 Å². The Morgan fingerprint density at radius 1 is 1.16 bits per heavy atom. The zero-order valence-electron chi connectivity index (χ0n) is 22.9. The Morgan fingerprint density at radius 3 is 2.60 bits per heavy atom. The van der Waals surface area contributed by atoms with E-state index in [0.29, 0.717) is 30.8 Å². The summed E-state index contributed by atoms with van der Waals surface area (Å²) in [5.41, 5.74) is -0.428. The molecule has 15 heteroatoms. The fourth-order valence-corrected chi connectivity index (χ4v) is 5.30. The maximum absolute atomic E-state index is 14.7. The standard InChI is InChI=1S/C28H27ClF3N9O2/c1-15(16-6-34-28(35-7-16)40-5-4-18(40)12-39-13-19(42)14-39)41-11-17(8-36-41)37-27(43)23-10-33-9-22(38-23)24-20(26(31)32)2-3-21(29)25(24)30/h2-3,6-11,15,18-19,26,42H,4-5,12-14H2,1H3,(H,37,43)/t15?,18-/m0/s1. The number of hydrogen-bond acceptors (Lipinski definition) is 9. The third-order valence-corrected chi connectivity index (χ3v) is 7.98. The van der Waals surface area contributed by atoms with Crippen LogP contribution in [0.5, 0.6) is 0 Å². The number of carbonyl (C=O) groups excluding carboxylic acids is 1. The third kappa shape index (κ3) is 5.90. The van der Waals surface area contributed by atoms with Crippen molar-refractivity contribution in [2.75, 3.05) is 36.4 Å². The predicted octanol–water partition coefficient (Wildman–Crippen LogP) is 3.98. The number of aliphatic hydroxyl groups excluding tert-OH is 1. The van der Waals surface area contributed by atoms with E-state index in [2.05, 4.69) is 40.2 Å². The number of anilines is 2. The van der Waals surface area contributed by atoms with Gasteiger partial charge in [0.2, 0.25) is 5.95 Å². The van der Waals surface area contributed by atoms with Gasteiger partial charge in [0, 0.05) is 67.5 Å². The number of β-amino-alcohol motifs (C(OH)–C–C–N with tert-alkyl or cyclic N) is 1. The first-order valence-corrected chi connectivity index (χ1v) is 14.0. The predicted molar refractivity (Wildman–Crippen MR) is 152 cm³/mol. The minimum Gasteiger partial charge on any atom is -0.390 e. The first-order chi connectivity index (χ1) is 20.7. The minimum absolute atomic E-state index is 0.212. The molecule has 1 amide bonds. The van der Waals surface area contributed by atoms with Crippen molar-refractivity contribution in [2.45, 2.75) is 38.0 Å². The van der Waals surface area contributed by atoms with Crippen LogP contribution in [0.25, 0.3) is 11.3 Å². The number of aromatic nitrogens is 6. The van der Waals surface area contributed by atoms with Crippen LogP contribution in [0, 0.1) is 5.82 Å². The quantitative estimate of drug-likeness (QED) is 0.288. The van der Waals surface area contributed by atoms with Gasteiger partial charge in [0.25, 0.3) is 12.3 Å². The molecule has 224 valence electrons. The fourth-order valence-electron chi connectivity index (χ4n) is 5.14. The van der Waals surface area contributed by atoms with Crippen LogP contribution in [-0.4, -0.2) is 84.0 Å². The maximum atomic E-state index is 14.7. The molecule has 0 spiro atoms. The highest BCUT2D eigenvalue weighted by Crippen LogP contribution is 2.35. The van der Waals surface area contributed by atoms with Gasteiger partial charge < -0.3 is 15.3 Å². The Labute approximate surface area is 249 Å². The molecule has 1 aromatic carbocycles. The van der Waals surface area contributed by atoms with Crippen LogP contribution in [0.1, 0.15) is 47.4 Å². The summed E-state index contributed by atoms with van der Waals surface area (Å²) in [6, 6.07) is 2.12. The molecular weight excluding hydrogens is 587 g/mol. The third-order valence-electron chi connectivity index (χ3n) is 7.69. The van der Waals surface area contributed by atoms with E-state index in [9.17, 15) is 23.1 Å². The molecule has 5 heterocycles. The van der Waals surface area contributed by atoms with Crippen molar-refractivity contribution in [3.8, 4) is 11.3 Å². The molecular formula is C28H27ClF3N9O2. The maximum Gasteiger partial charge on any atom is 0.275 e. The molecule has 2 N–H and O–H groups in total. The first kappa shape index (κ1) is 29.0. The van der Waals surface area contributed by atoms with E-state index < -0.39 is 29.3 Å². The zero-order valence-corrected chi connectivity index (χ0v) is 23.7. The van der Waals surface area contributed by atoms with Crippen molar-refractivity contribution in [2.24, 2.45) is 0 Å². The van der Waals surface area contributed by atoms with Gasteiger partial charge in [-0.25, -0.2) is 28.1 Å². The summed E-state index contributed by atoms with van der Waals surface area (Å²) in [5, 5.41) is 16.1. The zero-order chi connectivity index (χ0) is 30.2. The molecule has 0 aliphatic carbocycles. The summed E-state index contributed by atoms with van der Waals surface area (Å²) in [5.74, 6) is -1.11. The summed E-state index contributed by atoms with van der Waals surface area (Å²) in [7, 11) is 0. The lowest BCUT2D eigenvalue weighted by atomic mass is 10.0. The van der Waals surface area contributed by atoms with Crippen LogP contribution in [0.4, 0.5) is 24.8 Å². The van der Waals surface area contributed by atoms with Crippen LogP contribution in [0.2, 0.25) is 5.02 Å². The SMILES string of the molecule is CC(c1cnc(N2CC[C@H]2CN2CC(O)C2)nc1)n1cc(NC(=O)c2cncc(-c3c(C(F)F)ccc(Cl)c3F)n2)cn1. The number of rotatable bonds is 9. The highest BCUT2D eigenvalue weighted by atomic mass is 35.5. The normalized spacial score (nSPS) is 17.9. The van der Waals surface area contributed by atoms with Gasteiger partial charge >= 0.3 is 0 Å². The lowest BCUT2D eigenvalue weighted by Gasteiger charge is -2.46. The van der Waals surface area contributed by atoms with Gasteiger partial charge in [-0.3, -0.25) is 19.4 Å². The number of aliphatic hydroxyl groups is 1. The van der Waals surface area contributed by atoms with E-state index >= 15 is 0 Å². The first-order valence-electron chi connectivity index (χ1n) is 13.6. The average Bonchev–Trinajstić information content (AvgIpc) is 3.43. The van der Waals surface area contributed by atoms with Crippen LogP contribution in [0.15, 0.2) is 49.3 Å². The van der Waals surface area contributed by atoms with Gasteiger partial charge in [-0.15, -0.1) is 0 Å². The number of amides is 1. The molecule has 2 saturated heterocycles. The summed E-state index contributed by atoms with van der Waals surface area (Å²) in [4.78, 5) is 34.4. The molecule has 11 nitrogen and oxygen atoms in total. The van der Waals surface area contributed by atoms with Crippen molar-refractivity contribution in [1.29, 1.82) is 0 Å². The number of carbonyl (C=O) groups is 1. The van der Waals surface area contributed by atoms with Gasteiger partial charge in [-0.05, 0) is 19.4 Å². The Balaban J connectivity index is 1.11. The molecule has 2 fully saturated rings. The van der Waals surface area contributed by atoms with Crippen LogP contribution < -0.4 is 10.2 Å². The highest BCUT2D eigenvalue weighted by molar-refractivity contribution is 6.31. The molecule has 6 rings (SSSR count). The molecule has 43 heavy (non-hydrogen) atoms. The smallest absolute Gasteiger partial charge is 0.275 e. The molecule has 2 atom stereocenters. The monoisotopic (exact) mass is 613 g/mol. The van der Waals surface area contributed by atoms with Crippen LogP contribution >= 0.6 is 11.6 Å². The average molecular weight is 614 g/mol. The molecule has 3 aromatic heterocycles. The number of nitrogens with one attached hydrogen (secondary N) is 1. The van der Waals surface area contributed by atoms with Crippen molar-refractivity contribution in [3.63, 3.8) is 0 Å². The van der Waals surface area contributed by atoms with Crippen molar-refractivity contribution in [1.82, 2.24) is 34.6 Å². The van der Waals surface area contributed by atoms with E-state index in [1.165, 1.54) is 6.20 Å². The Hall–Kier alpha value is -4.14. The topological polar surface area (TPSA) is 125 Å². The van der Waals surface area contributed by atoms with Crippen molar-refractivity contribution < 1.29 is 23.1 Å². The molecule has 2 aliphatic rings.